The van der Waals surface area contributed by atoms with Crippen LogP contribution < -0.4 is 13.9 Å². The molecule has 1 aromatic rings. The van der Waals surface area contributed by atoms with Crippen molar-refractivity contribution in [1.29, 1.82) is 0 Å². The van der Waals surface area contributed by atoms with Gasteiger partial charge in [-0.3, -0.25) is 4.55 Å². The first-order valence-electron chi connectivity index (χ1n) is 6.19. The molecule has 2 heterocycles. The van der Waals surface area contributed by atoms with Gasteiger partial charge in [0.1, 0.15) is 0 Å². The van der Waals surface area contributed by atoms with Crippen LogP contribution >= 0.6 is 0 Å². The molecule has 1 saturated heterocycles. The Balaban J connectivity index is 0.00000200. The Morgan fingerprint density at radius 2 is 1.90 bits per heavy atom. The van der Waals surface area contributed by atoms with Crippen molar-refractivity contribution in [3.8, 4) is 0 Å². The lowest BCUT2D eigenvalue weighted by molar-refractivity contribution is -0.868. The molecular formula is C11H19N3O5S. The molecule has 0 unspecified atom stereocenters. The Bertz CT molecular complexity index is 546. The van der Waals surface area contributed by atoms with Crippen LogP contribution in [-0.2, 0) is 10.4 Å². The van der Waals surface area contributed by atoms with Crippen molar-refractivity contribution in [3.05, 3.63) is 17.6 Å². The normalized spacial score (nSPS) is 15.7. The third-order valence-electron chi connectivity index (χ3n) is 3.08. The van der Waals surface area contributed by atoms with Crippen LogP contribution in [-0.4, -0.2) is 36.5 Å². The molecule has 9 heteroatoms. The van der Waals surface area contributed by atoms with Gasteiger partial charge in [0, 0.05) is 26.9 Å². The van der Waals surface area contributed by atoms with E-state index in [1.807, 2.05) is 0 Å². The molecule has 1 aromatic heterocycles. The summed E-state index contributed by atoms with van der Waals surface area (Å²) in [6, 6.07) is 1.75. The van der Waals surface area contributed by atoms with E-state index in [9.17, 15) is 8.42 Å². The molecule has 0 bridgehead atoms. The second-order valence-electron chi connectivity index (χ2n) is 4.65. The van der Waals surface area contributed by atoms with Gasteiger partial charge in [0.15, 0.2) is 5.69 Å². The van der Waals surface area contributed by atoms with Crippen molar-refractivity contribution in [1.82, 2.24) is 4.98 Å². The molecule has 1 fully saturated rings. The number of rotatable bonds is 3. The van der Waals surface area contributed by atoms with E-state index < -0.39 is 10.4 Å². The van der Waals surface area contributed by atoms with Crippen molar-refractivity contribution < 1.29 is 27.5 Å². The summed E-state index contributed by atoms with van der Waals surface area (Å²) in [5.41, 5.74) is 0.561. The van der Waals surface area contributed by atoms with Crippen LogP contribution in [0.1, 0.15) is 30.8 Å². The fraction of sp³-hybridized carbons (Fsp3) is 0.636. The average molecular weight is 305 g/mol. The molecule has 1 aliphatic rings. The van der Waals surface area contributed by atoms with Gasteiger partial charge in [0.05, 0.1) is 6.07 Å². The molecule has 0 radical (unpaired) electrons. The van der Waals surface area contributed by atoms with Gasteiger partial charge in [-0.15, -0.1) is 0 Å². The van der Waals surface area contributed by atoms with Crippen molar-refractivity contribution >= 4 is 16.2 Å². The van der Waals surface area contributed by atoms with E-state index in [0.29, 0.717) is 11.5 Å². The summed E-state index contributed by atoms with van der Waals surface area (Å²) in [6.07, 6.45) is 3.50. The van der Waals surface area contributed by atoms with Crippen LogP contribution in [0.2, 0.25) is 0 Å². The second-order valence-corrected chi connectivity index (χ2v) is 5.65. The smallest absolute Gasteiger partial charge is 0.482 e. The number of hydrogen-bond acceptors (Lipinski definition) is 6. The zero-order valence-corrected chi connectivity index (χ0v) is 12.3. The van der Waals surface area contributed by atoms with Gasteiger partial charge < -0.3 is 10.4 Å². The number of anilines is 1. The van der Waals surface area contributed by atoms with Crippen LogP contribution in [0.25, 0.3) is 0 Å². The maximum absolute atomic E-state index is 10.8. The molecular weight excluding hydrogens is 286 g/mol. The zero-order chi connectivity index (χ0) is 14.0. The first-order valence-corrected chi connectivity index (χ1v) is 7.56. The molecule has 0 amide bonds. The minimum atomic E-state index is -4.55. The molecule has 2 N–H and O–H groups in total. The molecule has 0 aromatic carbocycles. The molecule has 0 aliphatic carbocycles. The highest BCUT2D eigenvalue weighted by Gasteiger charge is 2.24. The molecule has 8 nitrogen and oxygen atoms in total. The molecule has 0 spiro atoms. The Hall–Kier alpha value is -1.45. The van der Waals surface area contributed by atoms with E-state index in [0.717, 1.165) is 36.5 Å². The average Bonchev–Trinajstić information content (AvgIpc) is 2.33. The minimum absolute atomic E-state index is 0. The van der Waals surface area contributed by atoms with E-state index in [2.05, 4.69) is 14.2 Å². The van der Waals surface area contributed by atoms with Crippen molar-refractivity contribution in [3.63, 3.8) is 0 Å². The summed E-state index contributed by atoms with van der Waals surface area (Å²) in [7, 11) is -4.55. The third kappa shape index (κ3) is 4.02. The topological polar surface area (TPSA) is 114 Å². The lowest BCUT2D eigenvalue weighted by Crippen LogP contribution is -2.51. The van der Waals surface area contributed by atoms with E-state index in [1.54, 1.807) is 19.9 Å². The fourth-order valence-corrected chi connectivity index (χ4v) is 2.65. The fourth-order valence-electron chi connectivity index (χ4n) is 2.24. The summed E-state index contributed by atoms with van der Waals surface area (Å²) in [5, 5.41) is 0. The van der Waals surface area contributed by atoms with Crippen LogP contribution in [0, 0.1) is 13.8 Å². The predicted molar refractivity (Wildman–Crippen MR) is 70.0 cm³/mol. The molecule has 2 rings (SSSR count). The van der Waals surface area contributed by atoms with Gasteiger partial charge in [-0.1, -0.05) is 0 Å². The maximum Gasteiger partial charge on any atom is 0.482 e. The van der Waals surface area contributed by atoms with Crippen LogP contribution in [0.5, 0.6) is 0 Å². The Kier molecular flexibility index (Phi) is 5.26. The number of hydrogen-bond donors (Lipinski definition) is 1. The van der Waals surface area contributed by atoms with Crippen molar-refractivity contribution in [2.75, 3.05) is 18.0 Å². The lowest BCUT2D eigenvalue weighted by Gasteiger charge is -2.25. The zero-order valence-electron chi connectivity index (χ0n) is 11.5. The quantitative estimate of drug-likeness (QED) is 0.619. The van der Waals surface area contributed by atoms with Gasteiger partial charge in [0.2, 0.25) is 5.82 Å². The highest BCUT2D eigenvalue weighted by molar-refractivity contribution is 7.80. The Labute approximate surface area is 118 Å². The van der Waals surface area contributed by atoms with Crippen LogP contribution in [0.15, 0.2) is 6.07 Å². The minimum Gasteiger partial charge on any atom is -0.870 e. The van der Waals surface area contributed by atoms with Gasteiger partial charge in [-0.05, 0) is 29.0 Å². The van der Waals surface area contributed by atoms with E-state index in [4.69, 9.17) is 4.55 Å². The van der Waals surface area contributed by atoms with E-state index in [1.165, 1.54) is 6.42 Å². The van der Waals surface area contributed by atoms with Gasteiger partial charge in [0.25, 0.3) is 0 Å². The number of nitrogens with zero attached hydrogens (tertiary/aromatic N) is 3. The van der Waals surface area contributed by atoms with E-state index in [-0.39, 0.29) is 5.48 Å². The van der Waals surface area contributed by atoms with E-state index >= 15 is 0 Å². The Morgan fingerprint density at radius 3 is 2.40 bits per heavy atom. The van der Waals surface area contributed by atoms with Crippen LogP contribution in [0.3, 0.4) is 0 Å². The first kappa shape index (κ1) is 16.6. The second kappa shape index (κ2) is 6.33. The highest BCUT2D eigenvalue weighted by Crippen LogP contribution is 2.17. The third-order valence-corrected chi connectivity index (χ3v) is 3.41. The summed E-state index contributed by atoms with van der Waals surface area (Å²) < 4.78 is 35.7. The summed E-state index contributed by atoms with van der Waals surface area (Å²) >= 11 is 0. The number of piperidine rings is 1. The van der Waals surface area contributed by atoms with Crippen molar-refractivity contribution in [2.24, 2.45) is 0 Å². The number of aryl methyl sites for hydroxylation is 2. The Morgan fingerprint density at radius 1 is 1.30 bits per heavy atom. The maximum atomic E-state index is 10.8. The standard InChI is InChI=1S/C11H17N3O4S.H2O/c1-9-8-11(13-6-4-3-5-7-13)12-10(2)14(9)18-19(15,16)17;/h8H,3-7H2,1-2H3;1H2. The molecule has 1 aliphatic heterocycles. The molecule has 114 valence electrons. The van der Waals surface area contributed by atoms with Gasteiger partial charge in [-0.25, -0.2) is 0 Å². The van der Waals surface area contributed by atoms with Crippen molar-refractivity contribution in [2.45, 2.75) is 33.1 Å². The van der Waals surface area contributed by atoms with Gasteiger partial charge >= 0.3 is 16.2 Å². The number of aromatic nitrogens is 2. The largest absolute Gasteiger partial charge is 0.870 e. The predicted octanol–water partition coefficient (Wildman–Crippen LogP) is 0.0308. The van der Waals surface area contributed by atoms with Gasteiger partial charge in [-0.2, -0.15) is 12.7 Å². The van der Waals surface area contributed by atoms with Crippen LogP contribution in [0.4, 0.5) is 5.82 Å². The highest BCUT2D eigenvalue weighted by atomic mass is 32.3. The summed E-state index contributed by atoms with van der Waals surface area (Å²) in [4.78, 5) is 6.50. The molecule has 0 atom stereocenters. The monoisotopic (exact) mass is 305 g/mol. The summed E-state index contributed by atoms with van der Waals surface area (Å²) in [6.45, 7) is 5.24. The molecule has 0 saturated carbocycles. The summed E-state index contributed by atoms with van der Waals surface area (Å²) in [5.74, 6) is 1.18. The molecule has 20 heavy (non-hydrogen) atoms. The SMILES string of the molecule is Cc1cc(N2CCCCC2)nc(C)[n+]1OS(=O)(=O)O.[OH-]. The lowest BCUT2D eigenvalue weighted by atomic mass is 10.1. The first-order chi connectivity index (χ1) is 8.87.